The van der Waals surface area contributed by atoms with Gasteiger partial charge in [-0.05, 0) is 48.4 Å². The van der Waals surface area contributed by atoms with E-state index in [0.717, 1.165) is 6.54 Å². The summed E-state index contributed by atoms with van der Waals surface area (Å²) in [7, 11) is 0. The number of nitrogens with one attached hydrogen (secondary N) is 1. The molecule has 0 saturated carbocycles. The predicted molar refractivity (Wildman–Crippen MR) is 87.0 cm³/mol. The smallest absolute Gasteiger partial charge is 0.0377 e. The van der Waals surface area contributed by atoms with E-state index in [-0.39, 0.29) is 0 Å². The monoisotopic (exact) mass is 263 g/mol. The molecule has 0 heterocycles. The third-order valence-corrected chi connectivity index (χ3v) is 3.92. The van der Waals surface area contributed by atoms with Gasteiger partial charge in [0.2, 0.25) is 0 Å². The average molecular weight is 263 g/mol. The number of anilines is 1. The van der Waals surface area contributed by atoms with E-state index in [1.165, 1.54) is 48.1 Å². The number of aryl methyl sites for hydroxylation is 1. The normalized spacial score (nSPS) is 14.2. The first-order valence-corrected chi connectivity index (χ1v) is 7.50. The maximum Gasteiger partial charge on any atom is 0.0377 e. The molecule has 20 heavy (non-hydrogen) atoms. The molecule has 102 valence electrons. The molecule has 0 spiro atoms. The van der Waals surface area contributed by atoms with Crippen LogP contribution in [-0.2, 0) is 12.8 Å². The number of benzene rings is 2. The lowest BCUT2D eigenvalue weighted by atomic mass is 9.90. The number of rotatable bonds is 4. The highest BCUT2D eigenvalue weighted by Crippen LogP contribution is 2.27. The number of hydrogen-bond donors (Lipinski definition) is 1. The maximum atomic E-state index is 3.56. The van der Waals surface area contributed by atoms with Crippen LogP contribution in [0.1, 0.15) is 29.5 Å². The van der Waals surface area contributed by atoms with Crippen LogP contribution in [0.3, 0.4) is 0 Å². The summed E-state index contributed by atoms with van der Waals surface area (Å²) >= 11 is 0. The first-order valence-electron chi connectivity index (χ1n) is 7.50. The van der Waals surface area contributed by atoms with Crippen molar-refractivity contribution in [3.05, 3.63) is 71.3 Å². The fourth-order valence-electron chi connectivity index (χ4n) is 2.87. The molecule has 1 aliphatic carbocycles. The third kappa shape index (κ3) is 3.11. The van der Waals surface area contributed by atoms with Crippen LogP contribution < -0.4 is 5.32 Å². The van der Waals surface area contributed by atoms with Crippen molar-refractivity contribution in [2.24, 2.45) is 0 Å². The molecule has 2 aromatic carbocycles. The van der Waals surface area contributed by atoms with E-state index < -0.39 is 0 Å². The minimum absolute atomic E-state index is 0.880. The van der Waals surface area contributed by atoms with E-state index in [1.807, 2.05) is 6.07 Å². The fourth-order valence-corrected chi connectivity index (χ4v) is 2.87. The van der Waals surface area contributed by atoms with Gasteiger partial charge in [0.15, 0.2) is 0 Å². The van der Waals surface area contributed by atoms with E-state index in [9.17, 15) is 0 Å². The molecule has 0 amide bonds. The summed E-state index contributed by atoms with van der Waals surface area (Å²) in [5, 5.41) is 3.56. The minimum Gasteiger partial charge on any atom is -0.381 e. The van der Waals surface area contributed by atoms with Crippen molar-refractivity contribution in [1.82, 2.24) is 0 Å². The van der Waals surface area contributed by atoms with Crippen LogP contribution in [0.25, 0.3) is 6.08 Å². The van der Waals surface area contributed by atoms with Gasteiger partial charge in [0.05, 0.1) is 0 Å². The van der Waals surface area contributed by atoms with Crippen molar-refractivity contribution in [1.29, 1.82) is 0 Å². The van der Waals surface area contributed by atoms with E-state index in [2.05, 4.69) is 59.9 Å². The van der Waals surface area contributed by atoms with Crippen LogP contribution >= 0.6 is 0 Å². The molecule has 1 nitrogen and oxygen atoms in total. The van der Waals surface area contributed by atoms with E-state index in [4.69, 9.17) is 0 Å². The highest BCUT2D eigenvalue weighted by molar-refractivity contribution is 5.57. The Morgan fingerprint density at radius 2 is 1.75 bits per heavy atom. The lowest BCUT2D eigenvalue weighted by Gasteiger charge is -2.19. The van der Waals surface area contributed by atoms with Gasteiger partial charge in [-0.1, -0.05) is 54.6 Å². The largest absolute Gasteiger partial charge is 0.381 e. The van der Waals surface area contributed by atoms with Crippen LogP contribution in [0, 0.1) is 0 Å². The van der Waals surface area contributed by atoms with Crippen molar-refractivity contribution in [2.75, 3.05) is 11.9 Å². The van der Waals surface area contributed by atoms with Crippen molar-refractivity contribution < 1.29 is 0 Å². The Morgan fingerprint density at radius 3 is 2.65 bits per heavy atom. The van der Waals surface area contributed by atoms with Crippen LogP contribution in [0.2, 0.25) is 0 Å². The summed E-state index contributed by atoms with van der Waals surface area (Å²) in [6.45, 7) is 0.880. The van der Waals surface area contributed by atoms with Crippen molar-refractivity contribution in [3.63, 3.8) is 0 Å². The molecule has 0 saturated heterocycles. The van der Waals surface area contributed by atoms with Gasteiger partial charge in [-0.3, -0.25) is 0 Å². The van der Waals surface area contributed by atoms with Crippen molar-refractivity contribution >= 4 is 11.8 Å². The van der Waals surface area contributed by atoms with Crippen molar-refractivity contribution in [3.8, 4) is 0 Å². The second-order valence-electron chi connectivity index (χ2n) is 5.34. The van der Waals surface area contributed by atoms with Crippen LogP contribution in [0.5, 0.6) is 0 Å². The molecule has 0 radical (unpaired) electrons. The van der Waals surface area contributed by atoms with Gasteiger partial charge in [-0.25, -0.2) is 0 Å². The Hall–Kier alpha value is -2.02. The van der Waals surface area contributed by atoms with Crippen LogP contribution in [0.4, 0.5) is 5.69 Å². The zero-order chi connectivity index (χ0) is 13.6. The Kier molecular flexibility index (Phi) is 4.17. The van der Waals surface area contributed by atoms with Gasteiger partial charge in [-0.2, -0.15) is 0 Å². The van der Waals surface area contributed by atoms with Gasteiger partial charge in [-0.15, -0.1) is 0 Å². The quantitative estimate of drug-likeness (QED) is 0.843. The molecular weight excluding hydrogens is 242 g/mol. The van der Waals surface area contributed by atoms with Gasteiger partial charge in [0.25, 0.3) is 0 Å². The van der Waals surface area contributed by atoms with E-state index >= 15 is 0 Å². The van der Waals surface area contributed by atoms with Gasteiger partial charge >= 0.3 is 0 Å². The average Bonchev–Trinajstić information content (AvgIpc) is 2.53. The first kappa shape index (κ1) is 13.0. The van der Waals surface area contributed by atoms with Gasteiger partial charge in [0, 0.05) is 12.2 Å². The second-order valence-corrected chi connectivity index (χ2v) is 5.34. The summed E-state index contributed by atoms with van der Waals surface area (Å²) in [6, 6.07) is 17.1. The number of fused-ring (bicyclic) bond motifs is 1. The SMILES string of the molecule is C(=Cc1ccccc1)CNc1cccc2c1CCCC2. The number of hydrogen-bond acceptors (Lipinski definition) is 1. The Morgan fingerprint density at radius 1 is 0.900 bits per heavy atom. The molecule has 0 aliphatic heterocycles. The first-order chi connectivity index (χ1) is 9.93. The third-order valence-electron chi connectivity index (χ3n) is 3.92. The molecule has 1 N–H and O–H groups in total. The van der Waals surface area contributed by atoms with E-state index in [0.29, 0.717) is 0 Å². The van der Waals surface area contributed by atoms with E-state index in [1.54, 1.807) is 0 Å². The highest BCUT2D eigenvalue weighted by Gasteiger charge is 2.11. The van der Waals surface area contributed by atoms with Crippen LogP contribution in [-0.4, -0.2) is 6.54 Å². The Balaban J connectivity index is 1.63. The second kappa shape index (κ2) is 6.42. The molecule has 2 aromatic rings. The zero-order valence-corrected chi connectivity index (χ0v) is 11.8. The molecule has 1 heteroatoms. The molecule has 0 atom stereocenters. The molecule has 0 aromatic heterocycles. The summed E-state index contributed by atoms with van der Waals surface area (Å²) < 4.78 is 0. The van der Waals surface area contributed by atoms with Gasteiger partial charge in [0.1, 0.15) is 0 Å². The molecule has 3 rings (SSSR count). The molecule has 1 aliphatic rings. The lowest BCUT2D eigenvalue weighted by molar-refractivity contribution is 0.686. The minimum atomic E-state index is 0.880. The van der Waals surface area contributed by atoms with Crippen molar-refractivity contribution in [2.45, 2.75) is 25.7 Å². The lowest BCUT2D eigenvalue weighted by Crippen LogP contribution is -2.08. The zero-order valence-electron chi connectivity index (χ0n) is 11.8. The van der Waals surface area contributed by atoms with Crippen LogP contribution in [0.15, 0.2) is 54.6 Å². The highest BCUT2D eigenvalue weighted by atomic mass is 14.9. The summed E-state index contributed by atoms with van der Waals surface area (Å²) in [4.78, 5) is 0. The topological polar surface area (TPSA) is 12.0 Å². The molecule has 0 fully saturated rings. The summed E-state index contributed by atoms with van der Waals surface area (Å²) in [6.07, 6.45) is 9.49. The standard InChI is InChI=1S/C19H21N/c1-2-8-16(9-3-1)10-7-15-20-19-14-6-12-17-11-4-5-13-18(17)19/h1-3,6-10,12,14,20H,4-5,11,13,15H2. The fraction of sp³-hybridized carbons (Fsp3) is 0.263. The summed E-state index contributed by atoms with van der Waals surface area (Å²) in [5.41, 5.74) is 5.64. The maximum absolute atomic E-state index is 3.56. The molecule has 0 unspecified atom stereocenters. The Bertz CT molecular complexity index is 584. The predicted octanol–water partition coefficient (Wildman–Crippen LogP) is 4.69. The molecular formula is C19H21N. The van der Waals surface area contributed by atoms with Gasteiger partial charge < -0.3 is 5.32 Å². The molecule has 0 bridgehead atoms. The summed E-state index contributed by atoms with van der Waals surface area (Å²) in [5.74, 6) is 0. The Labute approximate surface area is 121 Å².